The van der Waals surface area contributed by atoms with Crippen LogP contribution in [0.25, 0.3) is 0 Å². The van der Waals surface area contributed by atoms with Crippen molar-refractivity contribution >= 4 is 10.0 Å². The zero-order chi connectivity index (χ0) is 14.0. The monoisotopic (exact) mass is 283 g/mol. The summed E-state index contributed by atoms with van der Waals surface area (Å²) in [5.41, 5.74) is 1.01. The lowest BCUT2D eigenvalue weighted by atomic mass is 10.0. The maximum atomic E-state index is 12.6. The third-order valence-electron chi connectivity index (χ3n) is 3.67. The Morgan fingerprint density at radius 1 is 1.42 bits per heavy atom. The first-order valence-corrected chi connectivity index (χ1v) is 8.13. The van der Waals surface area contributed by atoms with E-state index in [1.54, 1.807) is 18.2 Å². The number of rotatable bonds is 4. The van der Waals surface area contributed by atoms with Crippen molar-refractivity contribution in [2.45, 2.75) is 43.5 Å². The van der Waals surface area contributed by atoms with Gasteiger partial charge in [0.05, 0.1) is 11.5 Å². The van der Waals surface area contributed by atoms with E-state index in [4.69, 9.17) is 0 Å². The highest BCUT2D eigenvalue weighted by atomic mass is 32.2. The van der Waals surface area contributed by atoms with E-state index in [9.17, 15) is 13.5 Å². The Morgan fingerprint density at radius 3 is 2.79 bits per heavy atom. The SMILES string of the molecule is CC(C)c1cccc(S(=O)(=O)N2CCC[C@@H]2CO)c1. The Morgan fingerprint density at radius 2 is 2.16 bits per heavy atom. The van der Waals surface area contributed by atoms with Gasteiger partial charge < -0.3 is 5.11 Å². The summed E-state index contributed by atoms with van der Waals surface area (Å²) < 4.78 is 26.6. The maximum Gasteiger partial charge on any atom is 0.243 e. The fourth-order valence-electron chi connectivity index (χ4n) is 2.48. The fraction of sp³-hybridized carbons (Fsp3) is 0.571. The first kappa shape index (κ1) is 14.5. The summed E-state index contributed by atoms with van der Waals surface area (Å²) in [6.07, 6.45) is 1.55. The van der Waals surface area contributed by atoms with Gasteiger partial charge in [0, 0.05) is 12.6 Å². The minimum absolute atomic E-state index is 0.108. The van der Waals surface area contributed by atoms with Crippen molar-refractivity contribution < 1.29 is 13.5 Å². The molecule has 1 aromatic rings. The van der Waals surface area contributed by atoms with E-state index < -0.39 is 10.0 Å². The molecule has 0 saturated carbocycles. The largest absolute Gasteiger partial charge is 0.395 e. The maximum absolute atomic E-state index is 12.6. The van der Waals surface area contributed by atoms with E-state index in [-0.39, 0.29) is 12.6 Å². The molecule has 1 atom stereocenters. The molecule has 1 saturated heterocycles. The molecule has 19 heavy (non-hydrogen) atoms. The van der Waals surface area contributed by atoms with E-state index >= 15 is 0 Å². The number of nitrogens with zero attached hydrogens (tertiary/aromatic N) is 1. The van der Waals surface area contributed by atoms with Gasteiger partial charge in [0.2, 0.25) is 10.0 Å². The molecule has 1 aliphatic heterocycles. The zero-order valence-electron chi connectivity index (χ0n) is 11.4. The van der Waals surface area contributed by atoms with Crippen LogP contribution in [0.4, 0.5) is 0 Å². The Labute approximate surface area is 115 Å². The molecule has 0 unspecified atom stereocenters. The highest BCUT2D eigenvalue weighted by Crippen LogP contribution is 2.27. The van der Waals surface area contributed by atoms with Crippen LogP contribution in [-0.4, -0.2) is 37.0 Å². The molecule has 0 spiro atoms. The predicted octanol–water partition coefficient (Wildman–Crippen LogP) is 1.96. The average molecular weight is 283 g/mol. The molecule has 0 bridgehead atoms. The van der Waals surface area contributed by atoms with Gasteiger partial charge in [0.1, 0.15) is 0 Å². The van der Waals surface area contributed by atoms with Gasteiger partial charge in [-0.25, -0.2) is 8.42 Å². The zero-order valence-corrected chi connectivity index (χ0v) is 12.2. The molecular formula is C14H21NO3S. The topological polar surface area (TPSA) is 57.6 Å². The van der Waals surface area contributed by atoms with Crippen LogP contribution in [0.15, 0.2) is 29.2 Å². The van der Waals surface area contributed by atoms with Gasteiger partial charge in [-0.15, -0.1) is 0 Å². The summed E-state index contributed by atoms with van der Waals surface area (Å²) in [5, 5.41) is 9.28. The lowest BCUT2D eigenvalue weighted by Crippen LogP contribution is -2.37. The molecule has 1 aromatic carbocycles. The molecule has 1 heterocycles. The minimum atomic E-state index is -3.48. The molecular weight excluding hydrogens is 262 g/mol. The number of aliphatic hydroxyl groups is 1. The van der Waals surface area contributed by atoms with E-state index in [0.717, 1.165) is 18.4 Å². The molecule has 0 aliphatic carbocycles. The van der Waals surface area contributed by atoms with Crippen molar-refractivity contribution in [3.05, 3.63) is 29.8 Å². The highest BCUT2D eigenvalue weighted by Gasteiger charge is 2.34. The Kier molecular flexibility index (Phi) is 4.28. The van der Waals surface area contributed by atoms with E-state index in [1.807, 2.05) is 19.9 Å². The first-order chi connectivity index (χ1) is 8.96. The summed E-state index contributed by atoms with van der Waals surface area (Å²) in [6.45, 7) is 4.47. The lowest BCUT2D eigenvalue weighted by Gasteiger charge is -2.22. The van der Waals surface area contributed by atoms with Crippen LogP contribution in [0.2, 0.25) is 0 Å². The van der Waals surface area contributed by atoms with Crippen molar-refractivity contribution in [3.63, 3.8) is 0 Å². The predicted molar refractivity (Wildman–Crippen MR) is 74.5 cm³/mol. The lowest BCUT2D eigenvalue weighted by molar-refractivity contribution is 0.213. The van der Waals surface area contributed by atoms with Gasteiger partial charge >= 0.3 is 0 Å². The van der Waals surface area contributed by atoms with Crippen LogP contribution in [0.5, 0.6) is 0 Å². The molecule has 5 heteroatoms. The molecule has 2 rings (SSSR count). The Balaban J connectivity index is 2.36. The summed E-state index contributed by atoms with van der Waals surface area (Å²) in [7, 11) is -3.48. The van der Waals surface area contributed by atoms with Gasteiger partial charge in [0.15, 0.2) is 0 Å². The molecule has 0 radical (unpaired) electrons. The second-order valence-corrected chi connectivity index (χ2v) is 7.21. The first-order valence-electron chi connectivity index (χ1n) is 6.69. The summed E-state index contributed by atoms with van der Waals surface area (Å²) in [6, 6.07) is 6.83. The number of aliphatic hydroxyl groups excluding tert-OH is 1. The normalized spacial score (nSPS) is 21.2. The van der Waals surface area contributed by atoms with Gasteiger partial charge in [0.25, 0.3) is 0 Å². The standard InChI is InChI=1S/C14H21NO3S/c1-11(2)12-5-3-7-14(9-12)19(17,18)15-8-4-6-13(15)10-16/h3,5,7,9,11,13,16H,4,6,8,10H2,1-2H3/t13-/m1/s1. The molecule has 1 fully saturated rings. The highest BCUT2D eigenvalue weighted by molar-refractivity contribution is 7.89. The smallest absolute Gasteiger partial charge is 0.243 e. The Bertz CT molecular complexity index is 539. The van der Waals surface area contributed by atoms with Crippen molar-refractivity contribution in [1.82, 2.24) is 4.31 Å². The van der Waals surface area contributed by atoms with E-state index in [1.165, 1.54) is 4.31 Å². The summed E-state index contributed by atoms with van der Waals surface area (Å²) in [4.78, 5) is 0.332. The minimum Gasteiger partial charge on any atom is -0.395 e. The van der Waals surface area contributed by atoms with Gasteiger partial charge in [-0.1, -0.05) is 26.0 Å². The van der Waals surface area contributed by atoms with Crippen molar-refractivity contribution in [2.75, 3.05) is 13.2 Å². The number of hydrogen-bond donors (Lipinski definition) is 1. The molecule has 1 N–H and O–H groups in total. The van der Waals surface area contributed by atoms with Crippen LogP contribution in [-0.2, 0) is 10.0 Å². The number of benzene rings is 1. The molecule has 0 aromatic heterocycles. The molecule has 4 nitrogen and oxygen atoms in total. The second-order valence-electron chi connectivity index (χ2n) is 5.32. The fourth-order valence-corrected chi connectivity index (χ4v) is 4.22. The Hall–Kier alpha value is -0.910. The molecule has 1 aliphatic rings. The van der Waals surface area contributed by atoms with Gasteiger partial charge in [-0.05, 0) is 36.5 Å². The number of hydrogen-bond acceptors (Lipinski definition) is 3. The van der Waals surface area contributed by atoms with Crippen molar-refractivity contribution in [1.29, 1.82) is 0 Å². The van der Waals surface area contributed by atoms with Gasteiger partial charge in [-0.3, -0.25) is 0 Å². The second kappa shape index (κ2) is 5.61. The van der Waals surface area contributed by atoms with Crippen LogP contribution >= 0.6 is 0 Å². The van der Waals surface area contributed by atoms with Crippen LogP contribution in [0.1, 0.15) is 38.2 Å². The van der Waals surface area contributed by atoms with Crippen molar-refractivity contribution in [2.24, 2.45) is 0 Å². The summed E-state index contributed by atoms with van der Waals surface area (Å²) >= 11 is 0. The van der Waals surface area contributed by atoms with Crippen molar-refractivity contribution in [3.8, 4) is 0 Å². The summed E-state index contributed by atoms with van der Waals surface area (Å²) in [5.74, 6) is 0.294. The quantitative estimate of drug-likeness (QED) is 0.919. The third kappa shape index (κ3) is 2.83. The molecule has 106 valence electrons. The average Bonchev–Trinajstić information content (AvgIpc) is 2.88. The van der Waals surface area contributed by atoms with Crippen LogP contribution < -0.4 is 0 Å². The number of sulfonamides is 1. The van der Waals surface area contributed by atoms with E-state index in [0.29, 0.717) is 17.4 Å². The molecule has 0 amide bonds. The van der Waals surface area contributed by atoms with E-state index in [2.05, 4.69) is 0 Å². The van der Waals surface area contributed by atoms with Crippen LogP contribution in [0, 0.1) is 0 Å². The van der Waals surface area contributed by atoms with Crippen LogP contribution in [0.3, 0.4) is 0 Å². The van der Waals surface area contributed by atoms with Gasteiger partial charge in [-0.2, -0.15) is 4.31 Å². The third-order valence-corrected chi connectivity index (χ3v) is 5.61.